The standard InChI is InChI=1S/C20H20F4N2O5S/c1-31-14-9-13(27)4-5-26(10-14)32(29,30)18-6-11(2-3-15(18)21)20(28)25-12-7-16(22)19(24)17(23)8-12/h2-3,6-8,13-14,27H,4-5,9-10H2,1H3,(H,25,28). The van der Waals surface area contributed by atoms with Crippen molar-refractivity contribution in [3.05, 3.63) is 59.2 Å². The maximum atomic E-state index is 14.5. The van der Waals surface area contributed by atoms with Gasteiger partial charge in [0.15, 0.2) is 17.5 Å². The number of hydrogen-bond donors (Lipinski definition) is 2. The zero-order valence-electron chi connectivity index (χ0n) is 16.8. The second kappa shape index (κ2) is 9.53. The van der Waals surface area contributed by atoms with Crippen LogP contribution in [0.25, 0.3) is 0 Å². The maximum absolute atomic E-state index is 14.5. The molecule has 32 heavy (non-hydrogen) atoms. The number of hydrogen-bond acceptors (Lipinski definition) is 5. The number of nitrogens with zero attached hydrogens (tertiary/aromatic N) is 1. The Morgan fingerprint density at radius 2 is 1.78 bits per heavy atom. The number of ether oxygens (including phenoxy) is 1. The third kappa shape index (κ3) is 5.09. The zero-order valence-corrected chi connectivity index (χ0v) is 17.6. The lowest BCUT2D eigenvalue weighted by atomic mass is 10.1. The highest BCUT2D eigenvalue weighted by Crippen LogP contribution is 2.25. The van der Waals surface area contributed by atoms with Gasteiger partial charge in [-0.3, -0.25) is 4.79 Å². The number of halogens is 4. The Labute approximate surface area is 181 Å². The van der Waals surface area contributed by atoms with Gasteiger partial charge in [0.25, 0.3) is 5.91 Å². The van der Waals surface area contributed by atoms with Crippen LogP contribution in [0.3, 0.4) is 0 Å². The summed E-state index contributed by atoms with van der Waals surface area (Å²) in [6.07, 6.45) is -1.08. The molecule has 2 aromatic rings. The van der Waals surface area contributed by atoms with Gasteiger partial charge in [-0.05, 0) is 24.6 Å². The van der Waals surface area contributed by atoms with Crippen LogP contribution in [0.5, 0.6) is 0 Å². The Morgan fingerprint density at radius 3 is 2.41 bits per heavy atom. The van der Waals surface area contributed by atoms with Gasteiger partial charge in [0.1, 0.15) is 10.7 Å². The molecule has 0 spiro atoms. The molecule has 1 heterocycles. The van der Waals surface area contributed by atoms with Crippen molar-refractivity contribution < 1.29 is 40.6 Å². The number of nitrogens with one attached hydrogen (secondary N) is 1. The van der Waals surface area contributed by atoms with E-state index in [1.54, 1.807) is 0 Å². The molecule has 1 amide bonds. The van der Waals surface area contributed by atoms with Crippen molar-refractivity contribution in [1.29, 1.82) is 0 Å². The third-order valence-electron chi connectivity index (χ3n) is 5.04. The summed E-state index contributed by atoms with van der Waals surface area (Å²) < 4.78 is 86.5. The van der Waals surface area contributed by atoms with E-state index >= 15 is 0 Å². The summed E-state index contributed by atoms with van der Waals surface area (Å²) in [4.78, 5) is 11.7. The molecular weight excluding hydrogens is 456 g/mol. The molecular formula is C20H20F4N2O5S. The Balaban J connectivity index is 1.90. The Morgan fingerprint density at radius 1 is 1.12 bits per heavy atom. The predicted octanol–water partition coefficient (Wildman–Crippen LogP) is 2.66. The Bertz CT molecular complexity index is 1110. The Kier molecular flexibility index (Phi) is 7.18. The highest BCUT2D eigenvalue weighted by Gasteiger charge is 2.33. The normalized spacial score (nSPS) is 20.1. The molecule has 7 nitrogen and oxygen atoms in total. The molecule has 174 valence electrons. The van der Waals surface area contributed by atoms with Gasteiger partial charge in [0, 0.05) is 50.0 Å². The van der Waals surface area contributed by atoms with Crippen LogP contribution in [-0.4, -0.2) is 56.1 Å². The van der Waals surface area contributed by atoms with Gasteiger partial charge in [-0.2, -0.15) is 4.31 Å². The van der Waals surface area contributed by atoms with Crippen LogP contribution in [0.4, 0.5) is 23.2 Å². The predicted molar refractivity (Wildman–Crippen MR) is 105 cm³/mol. The van der Waals surface area contributed by atoms with Crippen molar-refractivity contribution in [3.8, 4) is 0 Å². The molecule has 12 heteroatoms. The van der Waals surface area contributed by atoms with E-state index in [9.17, 15) is 35.9 Å². The lowest BCUT2D eigenvalue weighted by molar-refractivity contribution is 0.0508. The molecule has 0 radical (unpaired) electrons. The Hall–Kier alpha value is -2.54. The molecule has 1 aliphatic rings. The molecule has 3 rings (SSSR count). The second-order valence-electron chi connectivity index (χ2n) is 7.25. The monoisotopic (exact) mass is 476 g/mol. The van der Waals surface area contributed by atoms with Gasteiger partial charge >= 0.3 is 0 Å². The summed E-state index contributed by atoms with van der Waals surface area (Å²) in [6.45, 7) is -0.215. The van der Waals surface area contributed by atoms with Crippen LogP contribution in [0.2, 0.25) is 0 Å². The summed E-state index contributed by atoms with van der Waals surface area (Å²) in [6, 6.07) is 3.65. The van der Waals surface area contributed by atoms with Crippen LogP contribution in [-0.2, 0) is 14.8 Å². The number of aliphatic hydroxyl groups excluding tert-OH is 1. The van der Waals surface area contributed by atoms with Crippen LogP contribution < -0.4 is 5.32 Å². The van der Waals surface area contributed by atoms with Gasteiger partial charge in [-0.25, -0.2) is 26.0 Å². The molecule has 0 aromatic heterocycles. The van der Waals surface area contributed by atoms with Crippen molar-refractivity contribution in [2.45, 2.75) is 29.9 Å². The van der Waals surface area contributed by atoms with Crippen molar-refractivity contribution in [1.82, 2.24) is 4.31 Å². The van der Waals surface area contributed by atoms with E-state index in [1.165, 1.54) is 7.11 Å². The molecule has 2 aromatic carbocycles. The number of carbonyl (C=O) groups is 1. The first-order valence-corrected chi connectivity index (χ1v) is 10.9. The largest absolute Gasteiger partial charge is 0.393 e. The van der Waals surface area contributed by atoms with Gasteiger partial charge in [-0.15, -0.1) is 0 Å². The second-order valence-corrected chi connectivity index (χ2v) is 9.16. The highest BCUT2D eigenvalue weighted by molar-refractivity contribution is 7.89. The summed E-state index contributed by atoms with van der Waals surface area (Å²) in [5.74, 6) is -6.88. The lowest BCUT2D eigenvalue weighted by Gasteiger charge is -2.23. The van der Waals surface area contributed by atoms with Crippen molar-refractivity contribution in [3.63, 3.8) is 0 Å². The van der Waals surface area contributed by atoms with E-state index in [-0.39, 0.29) is 31.5 Å². The molecule has 1 fully saturated rings. The van der Waals surface area contributed by atoms with Gasteiger partial charge in [0.2, 0.25) is 10.0 Å². The smallest absolute Gasteiger partial charge is 0.255 e. The van der Waals surface area contributed by atoms with Crippen molar-refractivity contribution >= 4 is 21.6 Å². The third-order valence-corrected chi connectivity index (χ3v) is 6.92. The summed E-state index contributed by atoms with van der Waals surface area (Å²) in [5.41, 5.74) is -0.724. The quantitative estimate of drug-likeness (QED) is 0.511. The van der Waals surface area contributed by atoms with Crippen molar-refractivity contribution in [2.24, 2.45) is 0 Å². The first-order chi connectivity index (χ1) is 15.0. The van der Waals surface area contributed by atoms with Crippen LogP contribution in [0.15, 0.2) is 35.2 Å². The van der Waals surface area contributed by atoms with Crippen LogP contribution in [0.1, 0.15) is 23.2 Å². The SMILES string of the molecule is COC1CC(O)CCN(S(=O)(=O)c2cc(C(=O)Nc3cc(F)c(F)c(F)c3)ccc2F)C1. The fraction of sp³-hybridized carbons (Fsp3) is 0.350. The van der Waals surface area contributed by atoms with Crippen LogP contribution >= 0.6 is 0 Å². The van der Waals surface area contributed by atoms with Gasteiger partial charge in [-0.1, -0.05) is 0 Å². The number of benzene rings is 2. The molecule has 2 atom stereocenters. The summed E-state index contributed by atoms with van der Waals surface area (Å²) in [5, 5.41) is 12.0. The summed E-state index contributed by atoms with van der Waals surface area (Å²) in [7, 11) is -3.05. The molecule has 2 unspecified atom stereocenters. The number of amides is 1. The van der Waals surface area contributed by atoms with Gasteiger partial charge in [0.05, 0.1) is 12.2 Å². The van der Waals surface area contributed by atoms with E-state index < -0.39 is 62.0 Å². The topological polar surface area (TPSA) is 95.9 Å². The average Bonchev–Trinajstić information content (AvgIpc) is 2.93. The lowest BCUT2D eigenvalue weighted by Crippen LogP contribution is -2.37. The van der Waals surface area contributed by atoms with E-state index in [0.29, 0.717) is 12.1 Å². The minimum Gasteiger partial charge on any atom is -0.393 e. The van der Waals surface area contributed by atoms with E-state index in [2.05, 4.69) is 5.32 Å². The highest BCUT2D eigenvalue weighted by atomic mass is 32.2. The minimum atomic E-state index is -4.41. The molecule has 0 saturated carbocycles. The molecule has 0 bridgehead atoms. The maximum Gasteiger partial charge on any atom is 0.255 e. The van der Waals surface area contributed by atoms with E-state index in [4.69, 9.17) is 4.74 Å². The zero-order chi connectivity index (χ0) is 23.6. The fourth-order valence-corrected chi connectivity index (χ4v) is 4.89. The van der Waals surface area contributed by atoms with Crippen molar-refractivity contribution in [2.75, 3.05) is 25.5 Å². The van der Waals surface area contributed by atoms with Crippen LogP contribution in [0, 0.1) is 23.3 Å². The number of rotatable bonds is 5. The average molecular weight is 476 g/mol. The first kappa shape index (κ1) is 24.1. The number of methoxy groups -OCH3 is 1. The first-order valence-electron chi connectivity index (χ1n) is 9.49. The summed E-state index contributed by atoms with van der Waals surface area (Å²) >= 11 is 0. The number of carbonyl (C=O) groups excluding carboxylic acids is 1. The molecule has 1 aliphatic heterocycles. The molecule has 0 aliphatic carbocycles. The molecule has 2 N–H and O–H groups in total. The minimum absolute atomic E-state index is 0.0899. The molecule has 1 saturated heterocycles. The number of aliphatic hydroxyl groups is 1. The fourth-order valence-electron chi connectivity index (χ4n) is 3.31. The van der Waals surface area contributed by atoms with E-state index in [1.807, 2.05) is 0 Å². The number of anilines is 1. The number of sulfonamides is 1. The van der Waals surface area contributed by atoms with E-state index in [0.717, 1.165) is 22.5 Å². The van der Waals surface area contributed by atoms with Gasteiger partial charge < -0.3 is 15.2 Å².